The molecule has 5 nitrogen and oxygen atoms in total. The number of nitrogens with zero attached hydrogens (tertiary/aromatic N) is 3. The van der Waals surface area contributed by atoms with Gasteiger partial charge in [-0.15, -0.1) is 0 Å². The number of piperidine rings is 1. The molecule has 1 atom stereocenters. The predicted molar refractivity (Wildman–Crippen MR) is 70.1 cm³/mol. The van der Waals surface area contributed by atoms with Gasteiger partial charge in [-0.25, -0.2) is 4.98 Å². The van der Waals surface area contributed by atoms with Gasteiger partial charge >= 0.3 is 0 Å². The first-order chi connectivity index (χ1) is 8.75. The van der Waals surface area contributed by atoms with Gasteiger partial charge in [-0.05, 0) is 26.2 Å². The lowest BCUT2D eigenvalue weighted by atomic mass is 10.1. The predicted octanol–water partition coefficient (Wildman–Crippen LogP) is 0.874. The largest absolute Gasteiger partial charge is 0.342 e. The van der Waals surface area contributed by atoms with E-state index in [9.17, 15) is 4.79 Å². The molecule has 1 amide bonds. The number of carbonyl (C=O) groups excluding carboxylic acids is 1. The Labute approximate surface area is 108 Å². The van der Waals surface area contributed by atoms with Gasteiger partial charge in [0, 0.05) is 38.1 Å². The molecule has 1 aromatic heterocycles. The fourth-order valence-electron chi connectivity index (χ4n) is 2.29. The van der Waals surface area contributed by atoms with E-state index < -0.39 is 0 Å². The fraction of sp³-hybridized carbons (Fsp3) is 0.692. The van der Waals surface area contributed by atoms with Crippen LogP contribution in [0.25, 0.3) is 0 Å². The first-order valence-electron chi connectivity index (χ1n) is 6.72. The molecule has 0 aromatic carbocycles. The van der Waals surface area contributed by atoms with Crippen molar-refractivity contribution < 1.29 is 4.79 Å². The molecule has 0 bridgehead atoms. The Kier molecular flexibility index (Phi) is 4.75. The maximum Gasteiger partial charge on any atom is 0.236 e. The number of amides is 1. The average molecular weight is 250 g/mol. The number of hydrogen-bond donors (Lipinski definition) is 1. The Bertz CT molecular complexity index is 357. The molecule has 1 aliphatic rings. The molecular weight excluding hydrogens is 228 g/mol. The highest BCUT2D eigenvalue weighted by Crippen LogP contribution is 2.08. The molecule has 0 radical (unpaired) electrons. The number of nitrogens with one attached hydrogen (secondary N) is 1. The summed E-state index contributed by atoms with van der Waals surface area (Å²) in [7, 11) is 0. The van der Waals surface area contributed by atoms with E-state index in [1.165, 1.54) is 6.42 Å². The second-order valence-electron chi connectivity index (χ2n) is 4.98. The van der Waals surface area contributed by atoms with E-state index in [2.05, 4.69) is 17.2 Å². The maximum absolute atomic E-state index is 11.9. The van der Waals surface area contributed by atoms with E-state index in [1.807, 2.05) is 15.7 Å². The van der Waals surface area contributed by atoms with Crippen LogP contribution < -0.4 is 5.32 Å². The van der Waals surface area contributed by atoms with E-state index in [-0.39, 0.29) is 11.9 Å². The number of rotatable bonds is 5. The van der Waals surface area contributed by atoms with Crippen LogP contribution in [-0.4, -0.2) is 46.0 Å². The number of hydrogen-bond acceptors (Lipinski definition) is 3. The van der Waals surface area contributed by atoms with Crippen LogP contribution in [0.15, 0.2) is 18.7 Å². The monoisotopic (exact) mass is 250 g/mol. The summed E-state index contributed by atoms with van der Waals surface area (Å²) in [6.07, 6.45) is 9.06. The first kappa shape index (κ1) is 13.1. The molecule has 2 rings (SSSR count). The van der Waals surface area contributed by atoms with E-state index in [4.69, 9.17) is 0 Å². The van der Waals surface area contributed by atoms with Crippen LogP contribution in [-0.2, 0) is 11.3 Å². The second-order valence-corrected chi connectivity index (χ2v) is 4.98. The summed E-state index contributed by atoms with van der Waals surface area (Å²) in [5.41, 5.74) is 0. The summed E-state index contributed by atoms with van der Waals surface area (Å²) in [6, 6.07) is 0.271. The highest BCUT2D eigenvalue weighted by Gasteiger charge is 2.16. The zero-order valence-electron chi connectivity index (χ0n) is 11.0. The highest BCUT2D eigenvalue weighted by molar-refractivity contribution is 5.78. The van der Waals surface area contributed by atoms with Gasteiger partial charge in [-0.2, -0.15) is 0 Å². The van der Waals surface area contributed by atoms with Gasteiger partial charge in [0.1, 0.15) is 0 Å². The lowest BCUT2D eigenvalue weighted by Crippen LogP contribution is -2.43. The summed E-state index contributed by atoms with van der Waals surface area (Å²) in [5.74, 6) is 0.229. The van der Waals surface area contributed by atoms with Crippen LogP contribution in [0, 0.1) is 0 Å². The summed E-state index contributed by atoms with van der Waals surface area (Å²) >= 11 is 0. The number of likely N-dealkylation sites (tertiary alicyclic amines) is 1. The lowest BCUT2D eigenvalue weighted by Gasteiger charge is -2.27. The quantitative estimate of drug-likeness (QED) is 0.844. The Hall–Kier alpha value is -1.36. The van der Waals surface area contributed by atoms with Crippen LogP contribution in [0.5, 0.6) is 0 Å². The number of carbonyl (C=O) groups is 1. The Morgan fingerprint density at radius 1 is 1.39 bits per heavy atom. The number of imidazole rings is 1. The van der Waals surface area contributed by atoms with Crippen molar-refractivity contribution in [2.24, 2.45) is 0 Å². The van der Waals surface area contributed by atoms with Crippen LogP contribution in [0.4, 0.5) is 0 Å². The molecule has 0 saturated carbocycles. The van der Waals surface area contributed by atoms with E-state index in [1.54, 1.807) is 12.5 Å². The second kappa shape index (κ2) is 6.54. The van der Waals surface area contributed by atoms with Crippen molar-refractivity contribution in [3.63, 3.8) is 0 Å². The highest BCUT2D eigenvalue weighted by atomic mass is 16.2. The van der Waals surface area contributed by atoms with Crippen LogP contribution >= 0.6 is 0 Å². The van der Waals surface area contributed by atoms with E-state index >= 15 is 0 Å². The SMILES string of the molecule is CC(Cn1ccnc1)NCC(=O)N1CCCCC1. The molecule has 1 unspecified atom stereocenters. The smallest absolute Gasteiger partial charge is 0.236 e. The zero-order chi connectivity index (χ0) is 12.8. The minimum atomic E-state index is 0.229. The molecule has 2 heterocycles. The molecule has 1 N–H and O–H groups in total. The van der Waals surface area contributed by atoms with E-state index in [0.717, 1.165) is 32.5 Å². The molecule has 18 heavy (non-hydrogen) atoms. The molecule has 1 saturated heterocycles. The van der Waals surface area contributed by atoms with Crippen molar-refractivity contribution >= 4 is 5.91 Å². The molecule has 0 spiro atoms. The molecule has 1 fully saturated rings. The van der Waals surface area contributed by atoms with Gasteiger partial charge < -0.3 is 14.8 Å². The van der Waals surface area contributed by atoms with Gasteiger partial charge in [-0.1, -0.05) is 0 Å². The third-order valence-electron chi connectivity index (χ3n) is 3.35. The van der Waals surface area contributed by atoms with Gasteiger partial charge in [0.15, 0.2) is 0 Å². The van der Waals surface area contributed by atoms with Gasteiger partial charge in [-0.3, -0.25) is 4.79 Å². The summed E-state index contributed by atoms with van der Waals surface area (Å²) < 4.78 is 2.02. The normalized spacial score (nSPS) is 17.7. The van der Waals surface area contributed by atoms with Gasteiger partial charge in [0.05, 0.1) is 12.9 Å². The van der Waals surface area contributed by atoms with Crippen molar-refractivity contribution in [2.45, 2.75) is 38.8 Å². The summed E-state index contributed by atoms with van der Waals surface area (Å²) in [6.45, 7) is 5.22. The van der Waals surface area contributed by atoms with Crippen molar-refractivity contribution in [3.05, 3.63) is 18.7 Å². The first-order valence-corrected chi connectivity index (χ1v) is 6.72. The topological polar surface area (TPSA) is 50.2 Å². The van der Waals surface area contributed by atoms with Crippen molar-refractivity contribution in [2.75, 3.05) is 19.6 Å². The molecule has 5 heteroatoms. The third-order valence-corrected chi connectivity index (χ3v) is 3.35. The summed E-state index contributed by atoms with van der Waals surface area (Å²) in [4.78, 5) is 17.9. The fourth-order valence-corrected chi connectivity index (χ4v) is 2.29. The Morgan fingerprint density at radius 3 is 2.83 bits per heavy atom. The van der Waals surface area contributed by atoms with Gasteiger partial charge in [0.2, 0.25) is 5.91 Å². The van der Waals surface area contributed by atoms with Crippen LogP contribution in [0.2, 0.25) is 0 Å². The number of aromatic nitrogens is 2. The molecular formula is C13H22N4O. The minimum absolute atomic E-state index is 0.229. The van der Waals surface area contributed by atoms with Crippen LogP contribution in [0.3, 0.4) is 0 Å². The van der Waals surface area contributed by atoms with Crippen molar-refractivity contribution in [3.8, 4) is 0 Å². The van der Waals surface area contributed by atoms with E-state index in [0.29, 0.717) is 6.54 Å². The minimum Gasteiger partial charge on any atom is -0.342 e. The standard InChI is InChI=1S/C13H22N4O/c1-12(10-16-8-5-14-11-16)15-9-13(18)17-6-3-2-4-7-17/h5,8,11-12,15H,2-4,6-7,9-10H2,1H3. The molecule has 100 valence electrons. The summed E-state index contributed by atoms with van der Waals surface area (Å²) in [5, 5.41) is 3.28. The van der Waals surface area contributed by atoms with Crippen molar-refractivity contribution in [1.29, 1.82) is 0 Å². The Balaban J connectivity index is 1.68. The average Bonchev–Trinajstić information content (AvgIpc) is 2.90. The molecule has 1 aliphatic heterocycles. The van der Waals surface area contributed by atoms with Crippen LogP contribution in [0.1, 0.15) is 26.2 Å². The third kappa shape index (κ3) is 3.84. The maximum atomic E-state index is 11.9. The van der Waals surface area contributed by atoms with Gasteiger partial charge in [0.25, 0.3) is 0 Å². The zero-order valence-corrected chi connectivity index (χ0v) is 11.0. The Morgan fingerprint density at radius 2 is 2.17 bits per heavy atom. The molecule has 1 aromatic rings. The van der Waals surface area contributed by atoms with Crippen molar-refractivity contribution in [1.82, 2.24) is 19.8 Å². The lowest BCUT2D eigenvalue weighted by molar-refractivity contribution is -0.131. The molecule has 0 aliphatic carbocycles.